The summed E-state index contributed by atoms with van der Waals surface area (Å²) in [5, 5.41) is 0. The van der Waals surface area contributed by atoms with E-state index in [-0.39, 0.29) is 0 Å². The van der Waals surface area contributed by atoms with E-state index in [1.165, 1.54) is 114 Å². The van der Waals surface area contributed by atoms with Crippen LogP contribution in [0.3, 0.4) is 0 Å². The van der Waals surface area contributed by atoms with E-state index in [1.54, 1.807) is 0 Å². The summed E-state index contributed by atoms with van der Waals surface area (Å²) >= 11 is 0. The second-order valence-electron chi connectivity index (χ2n) is 6.87. The molecule has 0 rings (SSSR count). The first-order chi connectivity index (χ1) is 12.9. The van der Waals surface area contributed by atoms with Crippen LogP contribution in [0.1, 0.15) is 117 Å². The van der Waals surface area contributed by atoms with Gasteiger partial charge in [-0.15, -0.1) is 0 Å². The highest BCUT2D eigenvalue weighted by Crippen LogP contribution is 2.52. The molecule has 0 spiro atoms. The second kappa shape index (κ2) is 27.1. The molecule has 0 N–H and O–H groups in total. The third-order valence-electron chi connectivity index (χ3n) is 4.34. The Morgan fingerprint density at radius 3 is 1.00 bits per heavy atom. The monoisotopic (exact) mass is 474 g/mol. The highest BCUT2D eigenvalue weighted by Gasteiger charge is 1.97. The maximum Gasteiger partial charge on any atom is 0.00454 e. The van der Waals surface area contributed by atoms with Crippen LogP contribution in [0.25, 0.3) is 0 Å². The normalized spacial score (nSPS) is 11.3. The van der Waals surface area contributed by atoms with Crippen LogP contribution < -0.4 is 0 Å². The molecule has 0 heterocycles. The Balaban J connectivity index is 2.95. The minimum Gasteiger partial charge on any atom is -0.0817 e. The zero-order chi connectivity index (χ0) is 19.0. The molecule has 0 aromatic heterocycles. The van der Waals surface area contributed by atoms with Gasteiger partial charge in [0.05, 0.1) is 0 Å². The van der Waals surface area contributed by atoms with Crippen LogP contribution in [-0.4, -0.2) is 11.5 Å². The smallest absolute Gasteiger partial charge is 0.00454 e. The van der Waals surface area contributed by atoms with Crippen molar-refractivity contribution in [3.05, 3.63) is 0 Å². The topological polar surface area (TPSA) is 0 Å². The fourth-order valence-corrected chi connectivity index (χ4v) is 14.5. The molecule has 0 radical (unpaired) electrons. The Hall–Kier alpha value is 2.10. The molecule has 0 atom stereocenters. The molecule has 0 saturated carbocycles. The van der Waals surface area contributed by atoms with E-state index in [2.05, 4.69) is 13.8 Å². The summed E-state index contributed by atoms with van der Waals surface area (Å²) < 4.78 is 0. The van der Waals surface area contributed by atoms with E-state index in [1.807, 2.05) is 60.9 Å². The van der Waals surface area contributed by atoms with Crippen LogP contribution in [0.15, 0.2) is 0 Å². The molecular weight excluding hydrogens is 433 g/mol. The molecule has 0 unspecified atom stereocenters. The van der Waals surface area contributed by atoms with Gasteiger partial charge in [0.2, 0.25) is 0 Å². The lowest BCUT2D eigenvalue weighted by atomic mass is 10.1. The molecule has 0 bridgehead atoms. The summed E-state index contributed by atoms with van der Waals surface area (Å²) in [6.07, 6.45) is 22.8. The van der Waals surface area contributed by atoms with Crippen molar-refractivity contribution in [2.75, 3.05) is 11.5 Å². The van der Waals surface area contributed by atoms with Gasteiger partial charge >= 0.3 is 0 Å². The van der Waals surface area contributed by atoms with Gasteiger partial charge in [-0.1, -0.05) is 125 Å². The summed E-state index contributed by atoms with van der Waals surface area (Å²) in [5.74, 6) is 2.65. The van der Waals surface area contributed by atoms with Crippen molar-refractivity contribution in [3.8, 4) is 0 Å². The second-order valence-corrected chi connectivity index (χ2v) is 16.6. The SMILES string of the molecule is CCCCCCCCCCSSSSSSCCCCCCCCCC. The Kier molecular flexibility index (Phi) is 29.3. The predicted molar refractivity (Wildman–Crippen MR) is 140 cm³/mol. The minimum absolute atomic E-state index is 1.32. The van der Waals surface area contributed by atoms with Crippen LogP contribution in [0.2, 0.25) is 0 Å². The minimum atomic E-state index is 1.32. The fraction of sp³-hybridized carbons (Fsp3) is 1.00. The number of unbranched alkanes of at least 4 members (excludes halogenated alkanes) is 14. The summed E-state index contributed by atoms with van der Waals surface area (Å²) in [6, 6.07) is 0. The zero-order valence-corrected chi connectivity index (χ0v) is 22.1. The van der Waals surface area contributed by atoms with Crippen molar-refractivity contribution in [1.29, 1.82) is 0 Å². The Morgan fingerprint density at radius 1 is 0.346 bits per heavy atom. The molecule has 0 aliphatic heterocycles. The zero-order valence-electron chi connectivity index (χ0n) is 17.2. The molecule has 26 heavy (non-hydrogen) atoms. The van der Waals surface area contributed by atoms with E-state index in [9.17, 15) is 0 Å². The summed E-state index contributed by atoms with van der Waals surface area (Å²) in [5.41, 5.74) is 0. The third kappa shape index (κ3) is 26.1. The van der Waals surface area contributed by atoms with Crippen molar-refractivity contribution in [3.63, 3.8) is 0 Å². The van der Waals surface area contributed by atoms with Crippen LogP contribution in [0, 0.1) is 0 Å². The Bertz CT molecular complexity index is 216. The Labute approximate surface area is 187 Å². The van der Waals surface area contributed by atoms with Gasteiger partial charge in [0.1, 0.15) is 0 Å². The molecular formula is C20H42S6. The van der Waals surface area contributed by atoms with E-state index in [0.29, 0.717) is 0 Å². The number of hydrogen-bond acceptors (Lipinski definition) is 6. The molecule has 0 saturated heterocycles. The number of hydrogen-bond donors (Lipinski definition) is 0. The molecule has 6 heteroatoms. The van der Waals surface area contributed by atoms with Crippen molar-refractivity contribution < 1.29 is 0 Å². The summed E-state index contributed by atoms with van der Waals surface area (Å²) in [4.78, 5) is 0. The summed E-state index contributed by atoms with van der Waals surface area (Å²) in [6.45, 7) is 4.58. The van der Waals surface area contributed by atoms with Crippen LogP contribution in [0.4, 0.5) is 0 Å². The van der Waals surface area contributed by atoms with Crippen LogP contribution >= 0.6 is 60.9 Å². The molecule has 0 aliphatic carbocycles. The lowest BCUT2D eigenvalue weighted by Crippen LogP contribution is -1.81. The van der Waals surface area contributed by atoms with E-state index >= 15 is 0 Å². The first kappa shape index (κ1) is 28.1. The molecule has 0 fully saturated rings. The lowest BCUT2D eigenvalue weighted by Gasteiger charge is -2.02. The van der Waals surface area contributed by atoms with Gasteiger partial charge in [0.15, 0.2) is 0 Å². The first-order valence-electron chi connectivity index (χ1n) is 10.8. The van der Waals surface area contributed by atoms with Gasteiger partial charge in [0, 0.05) is 11.5 Å². The first-order valence-corrected chi connectivity index (χ1v) is 18.6. The fourth-order valence-electron chi connectivity index (χ4n) is 2.72. The third-order valence-corrected chi connectivity index (χ3v) is 15.4. The lowest BCUT2D eigenvalue weighted by molar-refractivity contribution is 0.586. The quantitative estimate of drug-likeness (QED) is 0.106. The summed E-state index contributed by atoms with van der Waals surface area (Å²) in [7, 11) is 11.9. The van der Waals surface area contributed by atoms with E-state index < -0.39 is 0 Å². The average Bonchev–Trinajstić information content (AvgIpc) is 2.66. The standard InChI is InChI=1S/C20H42S6/c1-3-5-7-9-11-13-15-17-19-21-23-25-26-24-22-20-18-16-14-12-10-8-6-4-2/h3-20H2,1-2H3. The highest BCUT2D eigenvalue weighted by atomic mass is 33.9. The molecule has 0 aliphatic rings. The van der Waals surface area contributed by atoms with Gasteiger partial charge in [-0.05, 0) is 52.1 Å². The predicted octanol–water partition coefficient (Wildman–Crippen LogP) is 11.2. The molecule has 0 nitrogen and oxygen atoms in total. The molecule has 0 amide bonds. The van der Waals surface area contributed by atoms with Gasteiger partial charge < -0.3 is 0 Å². The largest absolute Gasteiger partial charge is 0.0817 e. The van der Waals surface area contributed by atoms with E-state index in [4.69, 9.17) is 0 Å². The van der Waals surface area contributed by atoms with Crippen molar-refractivity contribution in [1.82, 2.24) is 0 Å². The maximum atomic E-state index is 2.29. The molecule has 0 aromatic carbocycles. The molecule has 158 valence electrons. The van der Waals surface area contributed by atoms with Gasteiger partial charge in [-0.25, -0.2) is 0 Å². The number of rotatable bonds is 23. The maximum absolute atomic E-state index is 2.29. The van der Waals surface area contributed by atoms with Gasteiger partial charge in [-0.2, -0.15) is 0 Å². The van der Waals surface area contributed by atoms with E-state index in [0.717, 1.165) is 0 Å². The van der Waals surface area contributed by atoms with Crippen LogP contribution in [0.5, 0.6) is 0 Å². The highest BCUT2D eigenvalue weighted by molar-refractivity contribution is 9.41. The van der Waals surface area contributed by atoms with Gasteiger partial charge in [-0.3, -0.25) is 0 Å². The van der Waals surface area contributed by atoms with Crippen molar-refractivity contribution >= 4 is 60.9 Å². The Morgan fingerprint density at radius 2 is 0.654 bits per heavy atom. The van der Waals surface area contributed by atoms with Crippen molar-refractivity contribution in [2.24, 2.45) is 0 Å². The van der Waals surface area contributed by atoms with Gasteiger partial charge in [0.25, 0.3) is 0 Å². The van der Waals surface area contributed by atoms with Crippen LogP contribution in [-0.2, 0) is 0 Å². The molecule has 0 aromatic rings. The average molecular weight is 475 g/mol. The van der Waals surface area contributed by atoms with Crippen molar-refractivity contribution in [2.45, 2.75) is 117 Å².